The number of morpholine rings is 1. The Balaban J connectivity index is 1.48. The third kappa shape index (κ3) is 2.86. The molecule has 3 fully saturated rings. The highest BCUT2D eigenvalue weighted by atomic mass is 16.6. The van der Waals surface area contributed by atoms with Gasteiger partial charge in [-0.3, -0.25) is 9.69 Å². The van der Waals surface area contributed by atoms with Gasteiger partial charge in [-0.15, -0.1) is 0 Å². The minimum Gasteiger partial charge on any atom is -0.459 e. The van der Waals surface area contributed by atoms with Gasteiger partial charge in [-0.05, 0) is 43.9 Å². The zero-order valence-corrected chi connectivity index (χ0v) is 12.6. The molecular formula is C16H27NO3. The van der Waals surface area contributed by atoms with Crippen LogP contribution in [0.1, 0.15) is 45.4 Å². The molecule has 0 aromatic heterocycles. The van der Waals surface area contributed by atoms with E-state index in [1.165, 1.54) is 19.3 Å². The molecule has 3 aliphatic rings. The lowest BCUT2D eigenvalue weighted by molar-refractivity contribution is -0.167. The molecule has 1 heterocycles. The molecule has 3 unspecified atom stereocenters. The summed E-state index contributed by atoms with van der Waals surface area (Å²) in [5.74, 6) is 1.45. The third-order valence-corrected chi connectivity index (χ3v) is 5.57. The number of carbonyl (C=O) groups excluding carboxylic acids is 1. The number of carbonyl (C=O) groups is 1. The monoisotopic (exact) mass is 281 g/mol. The van der Waals surface area contributed by atoms with Crippen molar-refractivity contribution in [3.05, 3.63) is 0 Å². The van der Waals surface area contributed by atoms with Gasteiger partial charge in [0.1, 0.15) is 5.60 Å². The molecule has 3 rings (SSSR count). The molecule has 0 spiro atoms. The summed E-state index contributed by atoms with van der Waals surface area (Å²) >= 11 is 0. The van der Waals surface area contributed by atoms with Crippen molar-refractivity contribution in [2.75, 3.05) is 32.8 Å². The van der Waals surface area contributed by atoms with Crippen LogP contribution in [0.15, 0.2) is 0 Å². The minimum atomic E-state index is -0.120. The molecule has 0 radical (unpaired) electrons. The van der Waals surface area contributed by atoms with Crippen LogP contribution in [0.25, 0.3) is 0 Å². The summed E-state index contributed by atoms with van der Waals surface area (Å²) in [7, 11) is 0. The fraction of sp³-hybridized carbons (Fsp3) is 0.938. The van der Waals surface area contributed by atoms with Crippen molar-refractivity contribution in [1.82, 2.24) is 4.90 Å². The second kappa shape index (κ2) is 6.02. The van der Waals surface area contributed by atoms with Crippen LogP contribution < -0.4 is 0 Å². The Morgan fingerprint density at radius 2 is 2.15 bits per heavy atom. The fourth-order valence-corrected chi connectivity index (χ4v) is 4.38. The largest absolute Gasteiger partial charge is 0.459 e. The second-order valence-corrected chi connectivity index (χ2v) is 6.68. The lowest BCUT2D eigenvalue weighted by Crippen LogP contribution is -2.41. The second-order valence-electron chi connectivity index (χ2n) is 6.68. The molecule has 114 valence electrons. The summed E-state index contributed by atoms with van der Waals surface area (Å²) in [4.78, 5) is 14.5. The summed E-state index contributed by atoms with van der Waals surface area (Å²) in [6.45, 7) is 6.45. The Morgan fingerprint density at radius 1 is 1.35 bits per heavy atom. The summed E-state index contributed by atoms with van der Waals surface area (Å²) < 4.78 is 11.3. The van der Waals surface area contributed by atoms with Crippen molar-refractivity contribution < 1.29 is 14.3 Å². The van der Waals surface area contributed by atoms with Crippen LogP contribution in [0.5, 0.6) is 0 Å². The molecule has 4 nitrogen and oxygen atoms in total. The number of fused-ring (bicyclic) bond motifs is 2. The zero-order valence-electron chi connectivity index (χ0n) is 12.6. The normalized spacial score (nSPS) is 37.2. The van der Waals surface area contributed by atoms with Crippen LogP contribution in [0.2, 0.25) is 0 Å². The average molecular weight is 281 g/mol. The molecule has 0 aromatic carbocycles. The van der Waals surface area contributed by atoms with Gasteiger partial charge in [0, 0.05) is 19.6 Å². The topological polar surface area (TPSA) is 38.8 Å². The Hall–Kier alpha value is -0.610. The minimum absolute atomic E-state index is 0.00546. The van der Waals surface area contributed by atoms with E-state index in [-0.39, 0.29) is 11.6 Å². The lowest BCUT2D eigenvalue weighted by atomic mass is 9.82. The first-order chi connectivity index (χ1) is 9.72. The first kappa shape index (κ1) is 14.3. The van der Waals surface area contributed by atoms with Crippen molar-refractivity contribution >= 4 is 5.97 Å². The van der Waals surface area contributed by atoms with Gasteiger partial charge < -0.3 is 9.47 Å². The maximum atomic E-state index is 12.2. The molecule has 2 saturated carbocycles. The summed E-state index contributed by atoms with van der Waals surface area (Å²) in [6.07, 6.45) is 6.51. The number of hydrogen-bond donors (Lipinski definition) is 0. The van der Waals surface area contributed by atoms with E-state index < -0.39 is 0 Å². The molecule has 0 aromatic rings. The van der Waals surface area contributed by atoms with E-state index in [4.69, 9.17) is 9.47 Å². The quantitative estimate of drug-likeness (QED) is 0.724. The highest BCUT2D eigenvalue weighted by Crippen LogP contribution is 2.54. The number of hydrogen-bond acceptors (Lipinski definition) is 4. The Bertz CT molecular complexity index is 354. The van der Waals surface area contributed by atoms with E-state index in [0.717, 1.165) is 51.6 Å². The molecule has 0 amide bonds. The number of ether oxygens (including phenoxy) is 2. The van der Waals surface area contributed by atoms with Crippen LogP contribution in [-0.4, -0.2) is 49.3 Å². The first-order valence-electron chi connectivity index (χ1n) is 8.24. The molecule has 20 heavy (non-hydrogen) atoms. The van der Waals surface area contributed by atoms with Gasteiger partial charge in [0.25, 0.3) is 0 Å². The smallest absolute Gasteiger partial charge is 0.307 e. The van der Waals surface area contributed by atoms with Crippen molar-refractivity contribution in [2.24, 2.45) is 11.8 Å². The SMILES string of the molecule is CCC1(OC(=O)CCN2CCOCC2)CC2CCC1C2. The highest BCUT2D eigenvalue weighted by molar-refractivity contribution is 5.70. The molecule has 4 heteroatoms. The maximum absolute atomic E-state index is 12.2. The summed E-state index contributed by atoms with van der Waals surface area (Å²) in [5.41, 5.74) is -0.120. The van der Waals surface area contributed by atoms with E-state index in [2.05, 4.69) is 11.8 Å². The molecule has 1 aliphatic heterocycles. The van der Waals surface area contributed by atoms with Gasteiger partial charge in [-0.25, -0.2) is 0 Å². The number of nitrogens with zero attached hydrogens (tertiary/aromatic N) is 1. The van der Waals surface area contributed by atoms with Crippen LogP contribution >= 0.6 is 0 Å². The molecule has 2 aliphatic carbocycles. The number of esters is 1. The Kier molecular flexibility index (Phi) is 4.32. The van der Waals surface area contributed by atoms with Crippen LogP contribution in [0.3, 0.4) is 0 Å². The highest BCUT2D eigenvalue weighted by Gasteiger charge is 2.52. The summed E-state index contributed by atoms with van der Waals surface area (Å²) in [5, 5.41) is 0. The maximum Gasteiger partial charge on any atom is 0.307 e. The number of rotatable bonds is 5. The summed E-state index contributed by atoms with van der Waals surface area (Å²) in [6, 6.07) is 0. The van der Waals surface area contributed by atoms with Gasteiger partial charge >= 0.3 is 5.97 Å². The zero-order chi connectivity index (χ0) is 14.0. The van der Waals surface area contributed by atoms with Gasteiger partial charge in [0.2, 0.25) is 0 Å². The van der Waals surface area contributed by atoms with Crippen LogP contribution in [0, 0.1) is 11.8 Å². The Morgan fingerprint density at radius 3 is 2.75 bits per heavy atom. The van der Waals surface area contributed by atoms with Crippen molar-refractivity contribution in [1.29, 1.82) is 0 Å². The predicted molar refractivity (Wildman–Crippen MR) is 76.4 cm³/mol. The predicted octanol–water partition coefficient (Wildman–Crippen LogP) is 2.22. The average Bonchev–Trinajstić information content (AvgIpc) is 3.07. The Labute approximate surface area is 121 Å². The molecule has 1 saturated heterocycles. The van der Waals surface area contributed by atoms with Gasteiger partial charge in [0.15, 0.2) is 0 Å². The van der Waals surface area contributed by atoms with E-state index >= 15 is 0 Å². The van der Waals surface area contributed by atoms with E-state index in [0.29, 0.717) is 12.3 Å². The molecule has 2 bridgehead atoms. The fourth-order valence-electron chi connectivity index (χ4n) is 4.38. The lowest BCUT2D eigenvalue weighted by Gasteiger charge is -2.36. The first-order valence-corrected chi connectivity index (χ1v) is 8.24. The molecule has 0 N–H and O–H groups in total. The van der Waals surface area contributed by atoms with Gasteiger partial charge in [-0.1, -0.05) is 6.92 Å². The van der Waals surface area contributed by atoms with Crippen LogP contribution in [0.4, 0.5) is 0 Å². The molecular weight excluding hydrogens is 254 g/mol. The van der Waals surface area contributed by atoms with Crippen molar-refractivity contribution in [3.63, 3.8) is 0 Å². The van der Waals surface area contributed by atoms with E-state index in [1.54, 1.807) is 0 Å². The standard InChI is InChI=1S/C16H27NO3/c1-2-16(12-13-3-4-14(16)11-13)20-15(18)5-6-17-7-9-19-10-8-17/h13-14H,2-12H2,1H3. The van der Waals surface area contributed by atoms with Crippen molar-refractivity contribution in [3.8, 4) is 0 Å². The molecule has 3 atom stereocenters. The van der Waals surface area contributed by atoms with E-state index in [9.17, 15) is 4.79 Å². The van der Waals surface area contributed by atoms with Gasteiger partial charge in [0.05, 0.1) is 19.6 Å². The van der Waals surface area contributed by atoms with Crippen molar-refractivity contribution in [2.45, 2.75) is 51.0 Å². The third-order valence-electron chi connectivity index (χ3n) is 5.57. The van der Waals surface area contributed by atoms with Crippen LogP contribution in [-0.2, 0) is 14.3 Å². The van der Waals surface area contributed by atoms with E-state index in [1.807, 2.05) is 0 Å². The van der Waals surface area contributed by atoms with Gasteiger partial charge in [-0.2, -0.15) is 0 Å².